The second-order valence-electron chi connectivity index (χ2n) is 4.98. The van der Waals surface area contributed by atoms with Gasteiger partial charge in [0.05, 0.1) is 12.0 Å². The summed E-state index contributed by atoms with van der Waals surface area (Å²) in [6.07, 6.45) is 1.81. The van der Waals surface area contributed by atoms with Crippen LogP contribution in [0.4, 0.5) is 0 Å². The van der Waals surface area contributed by atoms with E-state index in [0.29, 0.717) is 13.2 Å². The fourth-order valence-corrected chi connectivity index (χ4v) is 2.44. The molecular weight excluding hydrogens is 240 g/mol. The fraction of sp³-hybridized carbons (Fsp3) is 0.533. The van der Waals surface area contributed by atoms with Gasteiger partial charge in [-0.1, -0.05) is 25.1 Å². The van der Waals surface area contributed by atoms with Crippen LogP contribution in [-0.2, 0) is 4.79 Å². The number of hydrogen-bond donors (Lipinski definition) is 2. The van der Waals surface area contributed by atoms with Gasteiger partial charge in [0.1, 0.15) is 12.4 Å². The van der Waals surface area contributed by atoms with Crippen LogP contribution >= 0.6 is 0 Å². The fourth-order valence-electron chi connectivity index (χ4n) is 2.44. The Kier molecular flexibility index (Phi) is 4.80. The van der Waals surface area contributed by atoms with Crippen LogP contribution < -0.4 is 15.4 Å². The molecule has 1 aromatic carbocycles. The molecule has 1 heterocycles. The monoisotopic (exact) mass is 262 g/mol. The van der Waals surface area contributed by atoms with E-state index >= 15 is 0 Å². The van der Waals surface area contributed by atoms with Crippen LogP contribution in [0.15, 0.2) is 30.3 Å². The predicted molar refractivity (Wildman–Crippen MR) is 75.2 cm³/mol. The Bertz CT molecular complexity index is 400. The van der Waals surface area contributed by atoms with Crippen LogP contribution in [0, 0.1) is 5.41 Å². The number of amides is 1. The lowest BCUT2D eigenvalue weighted by atomic mass is 9.83. The molecule has 0 radical (unpaired) electrons. The van der Waals surface area contributed by atoms with E-state index in [9.17, 15) is 4.79 Å². The molecule has 1 aromatic rings. The van der Waals surface area contributed by atoms with Gasteiger partial charge in [-0.2, -0.15) is 0 Å². The summed E-state index contributed by atoms with van der Waals surface area (Å²) in [7, 11) is 0. The molecule has 19 heavy (non-hydrogen) atoms. The molecule has 104 valence electrons. The molecule has 1 fully saturated rings. The second kappa shape index (κ2) is 6.57. The van der Waals surface area contributed by atoms with Gasteiger partial charge in [-0.3, -0.25) is 4.79 Å². The average Bonchev–Trinajstić information content (AvgIpc) is 2.94. The minimum Gasteiger partial charge on any atom is -0.492 e. The van der Waals surface area contributed by atoms with Crippen molar-refractivity contribution in [3.05, 3.63) is 30.3 Å². The van der Waals surface area contributed by atoms with Crippen molar-refractivity contribution in [1.29, 1.82) is 0 Å². The molecule has 0 bridgehead atoms. The summed E-state index contributed by atoms with van der Waals surface area (Å²) in [5.74, 6) is 0.987. The van der Waals surface area contributed by atoms with Gasteiger partial charge in [-0.15, -0.1) is 0 Å². The second-order valence-corrected chi connectivity index (χ2v) is 4.98. The van der Waals surface area contributed by atoms with E-state index in [0.717, 1.165) is 31.7 Å². The Morgan fingerprint density at radius 2 is 2.21 bits per heavy atom. The molecule has 4 heteroatoms. The van der Waals surface area contributed by atoms with Crippen LogP contribution in [0.5, 0.6) is 5.75 Å². The number of hydrogen-bond acceptors (Lipinski definition) is 3. The molecule has 0 saturated carbocycles. The third-order valence-electron chi connectivity index (χ3n) is 3.80. The zero-order chi connectivity index (χ0) is 13.6. The zero-order valence-electron chi connectivity index (χ0n) is 11.4. The van der Waals surface area contributed by atoms with E-state index in [1.807, 2.05) is 30.3 Å². The summed E-state index contributed by atoms with van der Waals surface area (Å²) in [6.45, 7) is 4.85. The van der Waals surface area contributed by atoms with E-state index in [1.54, 1.807) is 0 Å². The third-order valence-corrected chi connectivity index (χ3v) is 3.80. The van der Waals surface area contributed by atoms with E-state index in [2.05, 4.69) is 17.6 Å². The molecular formula is C15H22N2O2. The first-order valence-corrected chi connectivity index (χ1v) is 6.94. The standard InChI is InChI=1S/C15H22N2O2/c1-2-15(8-9-16-12-15)14(18)17-10-11-19-13-6-4-3-5-7-13/h3-7,16H,2,8-12H2,1H3,(H,17,18). The van der Waals surface area contributed by atoms with Crippen molar-refractivity contribution >= 4 is 5.91 Å². The van der Waals surface area contributed by atoms with Crippen LogP contribution in [-0.4, -0.2) is 32.1 Å². The van der Waals surface area contributed by atoms with E-state index < -0.39 is 0 Å². The number of ether oxygens (including phenoxy) is 1. The Morgan fingerprint density at radius 3 is 2.84 bits per heavy atom. The molecule has 2 N–H and O–H groups in total. The van der Waals surface area contributed by atoms with Crippen molar-refractivity contribution in [3.63, 3.8) is 0 Å². The average molecular weight is 262 g/mol. The van der Waals surface area contributed by atoms with Gasteiger partial charge in [0.15, 0.2) is 0 Å². The Labute approximate surface area is 114 Å². The summed E-state index contributed by atoms with van der Waals surface area (Å²) in [6, 6.07) is 9.65. The maximum Gasteiger partial charge on any atom is 0.227 e. The van der Waals surface area contributed by atoms with Gasteiger partial charge in [0.2, 0.25) is 5.91 Å². The number of carbonyl (C=O) groups is 1. The van der Waals surface area contributed by atoms with E-state index in [-0.39, 0.29) is 11.3 Å². The van der Waals surface area contributed by atoms with Gasteiger partial charge >= 0.3 is 0 Å². The maximum atomic E-state index is 12.2. The molecule has 0 aromatic heterocycles. The number of nitrogens with one attached hydrogen (secondary N) is 2. The lowest BCUT2D eigenvalue weighted by molar-refractivity contribution is -0.130. The molecule has 1 aliphatic rings. The first-order valence-electron chi connectivity index (χ1n) is 6.94. The highest BCUT2D eigenvalue weighted by atomic mass is 16.5. The van der Waals surface area contributed by atoms with Gasteiger partial charge in [0.25, 0.3) is 0 Å². The van der Waals surface area contributed by atoms with Crippen molar-refractivity contribution < 1.29 is 9.53 Å². The lowest BCUT2D eigenvalue weighted by Gasteiger charge is -2.25. The van der Waals surface area contributed by atoms with Crippen molar-refractivity contribution in [2.24, 2.45) is 5.41 Å². The maximum absolute atomic E-state index is 12.2. The number of carbonyl (C=O) groups excluding carboxylic acids is 1. The highest BCUT2D eigenvalue weighted by Gasteiger charge is 2.39. The molecule has 2 rings (SSSR count). The molecule has 4 nitrogen and oxygen atoms in total. The van der Waals surface area contributed by atoms with Crippen LogP contribution in [0.1, 0.15) is 19.8 Å². The van der Waals surface area contributed by atoms with Gasteiger partial charge in [-0.05, 0) is 31.5 Å². The Hall–Kier alpha value is -1.55. The number of rotatable bonds is 6. The van der Waals surface area contributed by atoms with Gasteiger partial charge in [0, 0.05) is 6.54 Å². The van der Waals surface area contributed by atoms with E-state index in [1.165, 1.54) is 0 Å². The minimum atomic E-state index is -0.216. The van der Waals surface area contributed by atoms with Crippen LogP contribution in [0.3, 0.4) is 0 Å². The SMILES string of the molecule is CCC1(C(=O)NCCOc2ccccc2)CCNC1. The molecule has 1 unspecified atom stereocenters. The Balaban J connectivity index is 1.72. The highest BCUT2D eigenvalue weighted by Crippen LogP contribution is 2.29. The first-order chi connectivity index (χ1) is 9.27. The van der Waals surface area contributed by atoms with Gasteiger partial charge in [-0.25, -0.2) is 0 Å². The smallest absolute Gasteiger partial charge is 0.227 e. The third kappa shape index (κ3) is 3.47. The van der Waals surface area contributed by atoms with Crippen LogP contribution in [0.25, 0.3) is 0 Å². The lowest BCUT2D eigenvalue weighted by Crippen LogP contribution is -2.43. The molecule has 1 aliphatic heterocycles. The topological polar surface area (TPSA) is 50.4 Å². The minimum absolute atomic E-state index is 0.150. The summed E-state index contributed by atoms with van der Waals surface area (Å²) < 4.78 is 5.56. The summed E-state index contributed by atoms with van der Waals surface area (Å²) in [5, 5.41) is 6.25. The quantitative estimate of drug-likeness (QED) is 0.765. The summed E-state index contributed by atoms with van der Waals surface area (Å²) >= 11 is 0. The zero-order valence-corrected chi connectivity index (χ0v) is 11.4. The van der Waals surface area contributed by atoms with Crippen molar-refractivity contribution in [3.8, 4) is 5.75 Å². The van der Waals surface area contributed by atoms with Crippen LogP contribution in [0.2, 0.25) is 0 Å². The first kappa shape index (κ1) is 13.9. The Morgan fingerprint density at radius 1 is 1.42 bits per heavy atom. The van der Waals surface area contributed by atoms with Crippen molar-refractivity contribution in [1.82, 2.24) is 10.6 Å². The van der Waals surface area contributed by atoms with Gasteiger partial charge < -0.3 is 15.4 Å². The van der Waals surface area contributed by atoms with Crippen molar-refractivity contribution in [2.75, 3.05) is 26.2 Å². The largest absolute Gasteiger partial charge is 0.492 e. The number of benzene rings is 1. The summed E-state index contributed by atoms with van der Waals surface area (Å²) in [5.41, 5.74) is -0.216. The molecule has 1 saturated heterocycles. The molecule has 0 aliphatic carbocycles. The molecule has 1 amide bonds. The number of para-hydroxylation sites is 1. The molecule has 1 atom stereocenters. The summed E-state index contributed by atoms with van der Waals surface area (Å²) in [4.78, 5) is 12.2. The highest BCUT2D eigenvalue weighted by molar-refractivity contribution is 5.83. The normalized spacial score (nSPS) is 22.2. The van der Waals surface area contributed by atoms with Crippen molar-refractivity contribution in [2.45, 2.75) is 19.8 Å². The predicted octanol–water partition coefficient (Wildman–Crippen LogP) is 1.57. The van der Waals surface area contributed by atoms with E-state index in [4.69, 9.17) is 4.74 Å². The molecule has 0 spiro atoms.